The lowest BCUT2D eigenvalue weighted by Crippen LogP contribution is -3.11. The zero-order valence-electron chi connectivity index (χ0n) is 38.9. The molecule has 0 aliphatic carbocycles. The van der Waals surface area contributed by atoms with E-state index in [1.807, 2.05) is 0 Å². The molecule has 0 aromatic heterocycles. The third-order valence-electron chi connectivity index (χ3n) is 13.1. The van der Waals surface area contributed by atoms with Crippen molar-refractivity contribution in [1.29, 1.82) is 0 Å². The molecular formula is C49H22BF28N. The van der Waals surface area contributed by atoms with Crippen molar-refractivity contribution in [3.05, 3.63) is 163 Å². The summed E-state index contributed by atoms with van der Waals surface area (Å²) in [5, 5.41) is -27.0. The first-order valence-corrected chi connectivity index (χ1v) is 22.1. The molecule has 0 saturated carbocycles. The molecule has 79 heavy (non-hydrogen) atoms. The highest BCUT2D eigenvalue weighted by Gasteiger charge is 2.52. The van der Waals surface area contributed by atoms with Crippen molar-refractivity contribution in [2.45, 2.75) is 40.0 Å². The first-order chi connectivity index (χ1) is 36.8. The minimum atomic E-state index is -8.05. The largest absolute Gasteiger partial charge is 0.335 e. The third-order valence-corrected chi connectivity index (χ3v) is 13.1. The Morgan fingerprint density at radius 2 is 0.316 bits per heavy atom. The lowest BCUT2D eigenvalue weighted by molar-refractivity contribution is -0.900. The summed E-state index contributed by atoms with van der Waals surface area (Å²) in [5.74, 6) is -104. The molecule has 0 amide bonds. The van der Waals surface area contributed by atoms with Gasteiger partial charge in [0, 0.05) is 0 Å². The Balaban J connectivity index is 0.000000821. The molecule has 0 saturated heterocycles. The van der Waals surface area contributed by atoms with Crippen LogP contribution < -0.4 is 26.8 Å². The Hall–Kier alpha value is -7.14. The summed E-state index contributed by atoms with van der Waals surface area (Å²) in [7, 11) is 0. The van der Waals surface area contributed by atoms with Gasteiger partial charge in [-0.25, -0.2) is 123 Å². The molecule has 0 spiro atoms. The molecule has 8 aromatic rings. The van der Waals surface area contributed by atoms with Crippen LogP contribution in [-0.4, -0.2) is 25.8 Å². The van der Waals surface area contributed by atoms with E-state index in [9.17, 15) is 17.6 Å². The van der Waals surface area contributed by atoms with Crippen LogP contribution in [0.5, 0.6) is 0 Å². The van der Waals surface area contributed by atoms with Gasteiger partial charge in [-0.3, -0.25) is 0 Å². The van der Waals surface area contributed by atoms with Gasteiger partial charge in [0.2, 0.25) is 0 Å². The number of fused-ring (bicyclic) bond motifs is 4. The lowest BCUT2D eigenvalue weighted by Gasteiger charge is -2.47. The van der Waals surface area contributed by atoms with Gasteiger partial charge in [-0.05, 0) is 40.8 Å². The molecule has 8 rings (SSSR count). The van der Waals surface area contributed by atoms with Gasteiger partial charge in [0.25, 0.3) is 0 Å². The first kappa shape index (κ1) is 59.5. The van der Waals surface area contributed by atoms with E-state index in [-0.39, 0.29) is 0 Å². The van der Waals surface area contributed by atoms with Crippen molar-refractivity contribution in [2.24, 2.45) is 0 Å². The van der Waals surface area contributed by atoms with Gasteiger partial charge in [0.15, 0.2) is 140 Å². The van der Waals surface area contributed by atoms with E-state index in [1.54, 1.807) is 4.90 Å². The Morgan fingerprint density at radius 3 is 0.456 bits per heavy atom. The number of benzene rings is 8. The normalized spacial score (nSPS) is 12.2. The van der Waals surface area contributed by atoms with E-state index in [4.69, 9.17) is 0 Å². The fourth-order valence-corrected chi connectivity index (χ4v) is 10.0. The van der Waals surface area contributed by atoms with Crippen LogP contribution in [0.1, 0.15) is 40.0 Å². The van der Waals surface area contributed by atoms with Crippen molar-refractivity contribution in [2.75, 3.05) is 19.6 Å². The Morgan fingerprint density at radius 1 is 0.190 bits per heavy atom. The second-order valence-corrected chi connectivity index (χ2v) is 17.3. The zero-order chi connectivity index (χ0) is 59.4. The maximum Gasteiger partial charge on any atom is 0.198 e. The molecular weight excluding hydrogens is 1150 g/mol. The second kappa shape index (κ2) is 21.2. The van der Waals surface area contributed by atoms with Gasteiger partial charge in [0.05, 0.1) is 41.2 Å². The summed E-state index contributed by atoms with van der Waals surface area (Å²) in [6.07, 6.45) is -4.06. The molecule has 30 heteroatoms. The van der Waals surface area contributed by atoms with Gasteiger partial charge in [0.1, 0.15) is 29.4 Å². The highest BCUT2D eigenvalue weighted by atomic mass is 19.2. The van der Waals surface area contributed by atoms with Gasteiger partial charge < -0.3 is 4.90 Å². The summed E-state index contributed by atoms with van der Waals surface area (Å²) >= 11 is 0. The number of halogens is 28. The molecule has 0 bridgehead atoms. The van der Waals surface area contributed by atoms with E-state index in [0.717, 1.165) is 0 Å². The van der Waals surface area contributed by atoms with E-state index >= 15 is 105 Å². The average molecular weight is 1170 g/mol. The number of rotatable bonds is 10. The highest BCUT2D eigenvalue weighted by Crippen LogP contribution is 2.42. The Labute approximate surface area is 421 Å². The monoisotopic (exact) mass is 1170 g/mol. The number of nitrogens with one attached hydrogen (secondary N) is 1. The molecule has 0 aliphatic rings. The summed E-state index contributed by atoms with van der Waals surface area (Å²) in [6.45, 7) is 10.9. The maximum absolute atomic E-state index is 17.3. The van der Waals surface area contributed by atoms with E-state index in [0.29, 0.717) is 0 Å². The van der Waals surface area contributed by atoms with E-state index < -0.39 is 234 Å². The van der Waals surface area contributed by atoms with E-state index in [1.165, 1.54) is 38.9 Å². The Bertz CT molecular complexity index is 3420. The fraction of sp³-hybridized carbons (Fsp3) is 0.184. The van der Waals surface area contributed by atoms with Gasteiger partial charge in [-0.2, -0.15) is 0 Å². The number of hydrogen-bond donors (Lipinski definition) is 1. The highest BCUT2D eigenvalue weighted by molar-refractivity contribution is 7.23. The van der Waals surface area contributed by atoms with Gasteiger partial charge in [-0.15, -0.1) is 21.9 Å². The predicted octanol–water partition coefficient (Wildman–Crippen LogP) is 12.7. The lowest BCUT2D eigenvalue weighted by atomic mass is 9.11. The van der Waals surface area contributed by atoms with Crippen LogP contribution in [0, 0.1) is 163 Å². The van der Waals surface area contributed by atoms with E-state index in [2.05, 4.69) is 20.8 Å². The van der Waals surface area contributed by atoms with Crippen molar-refractivity contribution < 1.29 is 128 Å². The van der Waals surface area contributed by atoms with Crippen LogP contribution >= 0.6 is 0 Å². The van der Waals surface area contributed by atoms with Crippen LogP contribution in [0.2, 0.25) is 0 Å². The maximum atomic E-state index is 17.3. The first-order valence-electron chi connectivity index (χ1n) is 22.1. The van der Waals surface area contributed by atoms with Crippen LogP contribution in [-0.2, 0) is 0 Å². The molecule has 1 N–H and O–H groups in total. The summed E-state index contributed by atoms with van der Waals surface area (Å²) in [6, 6.07) is 0. The van der Waals surface area contributed by atoms with Crippen molar-refractivity contribution in [3.63, 3.8) is 0 Å². The van der Waals surface area contributed by atoms with Crippen LogP contribution in [0.4, 0.5) is 123 Å². The molecule has 422 valence electrons. The van der Waals surface area contributed by atoms with Gasteiger partial charge >= 0.3 is 0 Å². The predicted molar refractivity (Wildman–Crippen MR) is 225 cm³/mol. The topological polar surface area (TPSA) is 4.44 Å². The molecule has 0 heterocycles. The quantitative estimate of drug-likeness (QED) is 0.0602. The standard InChI is InChI=1S/C40BF28.C9H21N/c42-13-1-5(21(50)37(66)33(13)62)17(46)29(58)25(54)9(1)41(10-2-6(18(47)30(59)26(10)55)22(51)38(67)34(63)14(2)43,11-3-7(19(48)31(60)27(11)56)23(52)39(68)35(64)15(3)44)12-4-8(20(49)32(61)28(12)57)24(53)40(69)36(65)16(4)45;1-4-7-10(8-5-2)9-6-3/h;4-9H2,1-3H3/q-1;/p+1. The minimum absolute atomic E-state index is 1.33. The van der Waals surface area contributed by atoms with Crippen molar-refractivity contribution in [1.82, 2.24) is 0 Å². The smallest absolute Gasteiger partial charge is 0.198 e. The minimum Gasteiger partial charge on any atom is -0.335 e. The fourth-order valence-electron chi connectivity index (χ4n) is 10.0. The molecule has 0 fully saturated rings. The van der Waals surface area contributed by atoms with Gasteiger partial charge in [-0.1, -0.05) is 20.8 Å². The third kappa shape index (κ3) is 8.25. The van der Waals surface area contributed by atoms with Crippen LogP contribution in [0.15, 0.2) is 0 Å². The molecule has 0 radical (unpaired) electrons. The molecule has 8 aromatic carbocycles. The van der Waals surface area contributed by atoms with Crippen LogP contribution in [0.3, 0.4) is 0 Å². The summed E-state index contributed by atoms with van der Waals surface area (Å²) in [5.41, 5.74) is -15.5. The SMILES string of the molecule is CCC[NH+](CCC)CCC.Fc1c(F)c(F)c2c([B-](c3c(F)c(F)c(F)c4c(F)c(F)c(F)c(F)c34)(c3c(F)c(F)c(F)c4c(F)c(F)c(F)c(F)c34)c3c(F)c(F)c(F)c4c(F)c(F)c(F)c(F)c34)c(F)c(F)c(F)c2c1F. The van der Waals surface area contributed by atoms with Crippen molar-refractivity contribution in [3.8, 4) is 0 Å². The zero-order valence-corrected chi connectivity index (χ0v) is 38.9. The second-order valence-electron chi connectivity index (χ2n) is 17.3. The summed E-state index contributed by atoms with van der Waals surface area (Å²) in [4.78, 5) is 1.78. The number of hydrogen-bond acceptors (Lipinski definition) is 0. The molecule has 0 unspecified atom stereocenters. The summed E-state index contributed by atoms with van der Waals surface area (Å²) < 4.78 is 446. The number of quaternary nitrogens is 1. The average Bonchev–Trinajstić information content (AvgIpc) is 3.02. The molecule has 0 aliphatic heterocycles. The molecule has 1 nitrogen and oxygen atoms in total. The van der Waals surface area contributed by atoms with Crippen molar-refractivity contribution >= 4 is 71.1 Å². The molecule has 0 atom stereocenters. The van der Waals surface area contributed by atoms with Crippen LogP contribution in [0.25, 0.3) is 43.1 Å². The Kier molecular flexibility index (Phi) is 15.9.